The second-order valence-corrected chi connectivity index (χ2v) is 7.82. The van der Waals surface area contributed by atoms with Crippen molar-refractivity contribution in [1.29, 1.82) is 0 Å². The van der Waals surface area contributed by atoms with E-state index in [-0.39, 0.29) is 0 Å². The van der Waals surface area contributed by atoms with Gasteiger partial charge in [-0.3, -0.25) is 4.90 Å². The first-order valence-electron chi connectivity index (χ1n) is 9.22. The number of hydrogen-bond donors (Lipinski definition) is 1. The highest BCUT2D eigenvalue weighted by Gasteiger charge is 2.39. The molecule has 2 aliphatic carbocycles. The molecule has 1 heterocycles. The van der Waals surface area contributed by atoms with E-state index in [1.807, 2.05) is 0 Å². The molecule has 3 aliphatic rings. The zero-order valence-electron chi connectivity index (χ0n) is 13.5. The van der Waals surface area contributed by atoms with E-state index in [4.69, 9.17) is 0 Å². The fraction of sp³-hybridized carbons (Fsp3) is 1.00. The Kier molecular flexibility index (Phi) is 5.04. The predicted molar refractivity (Wildman–Crippen MR) is 86.0 cm³/mol. The summed E-state index contributed by atoms with van der Waals surface area (Å²) >= 11 is 0. The molecule has 0 bridgehead atoms. The molecule has 0 spiro atoms. The molecule has 0 aromatic heterocycles. The lowest BCUT2D eigenvalue weighted by molar-refractivity contribution is 0.0509. The number of rotatable bonds is 4. The highest BCUT2D eigenvalue weighted by atomic mass is 15.2. The lowest BCUT2D eigenvalue weighted by Gasteiger charge is -2.44. The van der Waals surface area contributed by atoms with Crippen molar-refractivity contribution in [1.82, 2.24) is 10.2 Å². The van der Waals surface area contributed by atoms with Crippen LogP contribution in [0.5, 0.6) is 0 Å². The van der Waals surface area contributed by atoms with E-state index >= 15 is 0 Å². The third kappa shape index (κ3) is 3.22. The summed E-state index contributed by atoms with van der Waals surface area (Å²) in [7, 11) is 2.15. The molecule has 0 aromatic carbocycles. The van der Waals surface area contributed by atoms with Crippen molar-refractivity contribution in [3.63, 3.8) is 0 Å². The van der Waals surface area contributed by atoms with Crippen molar-refractivity contribution < 1.29 is 0 Å². The summed E-state index contributed by atoms with van der Waals surface area (Å²) in [6.45, 7) is 4.00. The zero-order chi connectivity index (χ0) is 13.8. The largest absolute Gasteiger partial charge is 0.319 e. The fourth-order valence-corrected chi connectivity index (χ4v) is 5.43. The Morgan fingerprint density at radius 3 is 2.45 bits per heavy atom. The van der Waals surface area contributed by atoms with Crippen LogP contribution >= 0.6 is 0 Å². The molecule has 3 rings (SSSR count). The molecule has 1 N–H and O–H groups in total. The van der Waals surface area contributed by atoms with Crippen LogP contribution < -0.4 is 5.32 Å². The van der Waals surface area contributed by atoms with E-state index in [9.17, 15) is 0 Å². The number of hydrogen-bond acceptors (Lipinski definition) is 2. The van der Waals surface area contributed by atoms with Crippen LogP contribution in [0.2, 0.25) is 0 Å². The molecule has 3 fully saturated rings. The Morgan fingerprint density at radius 2 is 1.70 bits per heavy atom. The molecule has 20 heavy (non-hydrogen) atoms. The lowest BCUT2D eigenvalue weighted by atomic mass is 9.78. The van der Waals surface area contributed by atoms with Crippen LogP contribution in [0.15, 0.2) is 0 Å². The number of piperidine rings is 1. The maximum atomic E-state index is 3.53. The van der Waals surface area contributed by atoms with Crippen molar-refractivity contribution in [2.75, 3.05) is 26.7 Å². The van der Waals surface area contributed by atoms with Crippen LogP contribution in [0.25, 0.3) is 0 Å². The van der Waals surface area contributed by atoms with Crippen molar-refractivity contribution >= 4 is 0 Å². The van der Waals surface area contributed by atoms with E-state index in [1.165, 1.54) is 90.3 Å². The molecule has 1 aliphatic heterocycles. The van der Waals surface area contributed by atoms with Crippen molar-refractivity contribution in [3.05, 3.63) is 0 Å². The average Bonchev–Trinajstić information content (AvgIpc) is 2.82. The minimum absolute atomic E-state index is 0.579. The number of fused-ring (bicyclic) bond motifs is 1. The molecule has 1 saturated heterocycles. The highest BCUT2D eigenvalue weighted by molar-refractivity contribution is 4.94. The topological polar surface area (TPSA) is 15.3 Å². The second-order valence-electron chi connectivity index (χ2n) is 7.82. The number of nitrogens with zero attached hydrogens (tertiary/aromatic N) is 1. The predicted octanol–water partition coefficient (Wildman–Crippen LogP) is 3.81. The molecule has 2 nitrogen and oxygen atoms in total. The van der Waals surface area contributed by atoms with Crippen molar-refractivity contribution in [3.8, 4) is 0 Å². The van der Waals surface area contributed by atoms with Gasteiger partial charge in [0, 0.05) is 19.1 Å². The van der Waals surface area contributed by atoms with Crippen LogP contribution in [0.1, 0.15) is 70.6 Å². The van der Waals surface area contributed by atoms with Gasteiger partial charge in [-0.15, -0.1) is 0 Å². The van der Waals surface area contributed by atoms with Gasteiger partial charge < -0.3 is 5.32 Å². The normalized spacial score (nSPS) is 34.6. The first-order chi connectivity index (χ1) is 9.83. The first kappa shape index (κ1) is 14.8. The van der Waals surface area contributed by atoms with Crippen LogP contribution in [-0.2, 0) is 0 Å². The van der Waals surface area contributed by atoms with Gasteiger partial charge in [0.15, 0.2) is 0 Å². The lowest BCUT2D eigenvalue weighted by Crippen LogP contribution is -2.50. The number of nitrogens with one attached hydrogen (secondary N) is 1. The molecular weight excluding hydrogens is 244 g/mol. The van der Waals surface area contributed by atoms with Gasteiger partial charge in [0.1, 0.15) is 0 Å². The van der Waals surface area contributed by atoms with Crippen LogP contribution in [-0.4, -0.2) is 37.6 Å². The van der Waals surface area contributed by atoms with Gasteiger partial charge in [-0.05, 0) is 63.5 Å². The monoisotopic (exact) mass is 278 g/mol. The van der Waals surface area contributed by atoms with Crippen LogP contribution in [0.4, 0.5) is 0 Å². The first-order valence-corrected chi connectivity index (χ1v) is 9.22. The summed E-state index contributed by atoms with van der Waals surface area (Å²) in [6, 6.07) is 0.945. The van der Waals surface area contributed by atoms with Gasteiger partial charge in [0.2, 0.25) is 0 Å². The Morgan fingerprint density at radius 1 is 0.950 bits per heavy atom. The van der Waals surface area contributed by atoms with E-state index in [2.05, 4.69) is 17.3 Å². The minimum Gasteiger partial charge on any atom is -0.319 e. The van der Waals surface area contributed by atoms with Crippen molar-refractivity contribution in [2.45, 2.75) is 76.7 Å². The second kappa shape index (κ2) is 6.79. The molecule has 116 valence electrons. The Bertz CT molecular complexity index is 294. The molecule has 2 saturated carbocycles. The van der Waals surface area contributed by atoms with Gasteiger partial charge in [0.05, 0.1) is 0 Å². The molecular formula is C18H34N2. The molecule has 0 aromatic rings. The van der Waals surface area contributed by atoms with Crippen LogP contribution in [0.3, 0.4) is 0 Å². The summed E-state index contributed by atoms with van der Waals surface area (Å²) in [5, 5.41) is 3.53. The Hall–Kier alpha value is -0.0800. The molecule has 2 unspecified atom stereocenters. The fourth-order valence-electron chi connectivity index (χ4n) is 5.43. The van der Waals surface area contributed by atoms with Crippen LogP contribution in [0, 0.1) is 11.3 Å². The number of likely N-dealkylation sites (tertiary alicyclic amines) is 1. The van der Waals surface area contributed by atoms with Gasteiger partial charge in [0.25, 0.3) is 0 Å². The van der Waals surface area contributed by atoms with Gasteiger partial charge in [-0.2, -0.15) is 0 Å². The summed E-state index contributed by atoms with van der Waals surface area (Å²) < 4.78 is 0. The summed E-state index contributed by atoms with van der Waals surface area (Å²) in [5.41, 5.74) is 0.579. The van der Waals surface area contributed by atoms with E-state index in [0.29, 0.717) is 5.41 Å². The smallest absolute Gasteiger partial charge is 0.0124 e. The zero-order valence-corrected chi connectivity index (χ0v) is 13.5. The average molecular weight is 278 g/mol. The van der Waals surface area contributed by atoms with Crippen molar-refractivity contribution in [2.24, 2.45) is 11.3 Å². The maximum absolute atomic E-state index is 3.53. The molecule has 2 heteroatoms. The Labute approximate surface area is 125 Å². The minimum atomic E-state index is 0.579. The summed E-state index contributed by atoms with van der Waals surface area (Å²) in [5.74, 6) is 1.04. The Balaban J connectivity index is 1.68. The van der Waals surface area contributed by atoms with Gasteiger partial charge in [-0.1, -0.05) is 32.1 Å². The standard InChI is InChI=1S/C18H34N2/c1-19-14-18(11-4-2-3-5-12-18)15-20-13-7-9-16-8-6-10-17(16)20/h16-17,19H,2-15H2,1H3. The SMILES string of the molecule is CNCC1(CN2CCCC3CCCC32)CCCCCC1. The van der Waals surface area contributed by atoms with Gasteiger partial charge >= 0.3 is 0 Å². The van der Waals surface area contributed by atoms with E-state index in [1.54, 1.807) is 0 Å². The quantitative estimate of drug-likeness (QED) is 0.787. The van der Waals surface area contributed by atoms with Gasteiger partial charge in [-0.25, -0.2) is 0 Å². The van der Waals surface area contributed by atoms with E-state index in [0.717, 1.165) is 12.0 Å². The highest BCUT2D eigenvalue weighted by Crippen LogP contribution is 2.41. The maximum Gasteiger partial charge on any atom is 0.0124 e. The third-order valence-corrected chi connectivity index (χ3v) is 6.36. The summed E-state index contributed by atoms with van der Waals surface area (Å²) in [6.07, 6.45) is 16.2. The van der Waals surface area contributed by atoms with E-state index < -0.39 is 0 Å². The molecule has 0 radical (unpaired) electrons. The molecule has 0 amide bonds. The third-order valence-electron chi connectivity index (χ3n) is 6.36. The molecule has 2 atom stereocenters. The summed E-state index contributed by atoms with van der Waals surface area (Å²) in [4.78, 5) is 2.92.